The average Bonchev–Trinajstić information content (AvgIpc) is 3.37. The topological polar surface area (TPSA) is 137 Å². The zero-order valence-electron chi connectivity index (χ0n) is 21.0. The average molecular weight is 507 g/mol. The third-order valence-electron chi connectivity index (χ3n) is 5.51. The van der Waals surface area contributed by atoms with Crippen molar-refractivity contribution >= 4 is 19.7 Å². The van der Waals surface area contributed by atoms with Gasteiger partial charge in [0, 0.05) is 30.2 Å². The number of carbonyl (C=O) groups excluding carboxylic acids is 3. The first-order valence-corrected chi connectivity index (χ1v) is 11.6. The van der Waals surface area contributed by atoms with Crippen LogP contribution in [0.25, 0.3) is 0 Å². The lowest BCUT2D eigenvalue weighted by atomic mass is 9.79. The molecule has 1 heterocycles. The molecule has 3 unspecified atom stereocenters. The minimum atomic E-state index is -1.19. The maximum Gasteiger partial charge on any atom is 0.407 e. The predicted molar refractivity (Wildman–Crippen MR) is 130 cm³/mol. The Morgan fingerprint density at radius 3 is 2.26 bits per heavy atom. The van der Waals surface area contributed by atoms with E-state index in [0.29, 0.717) is 38.1 Å². The molecule has 0 aliphatic carbocycles. The minimum absolute atomic E-state index is 0.0639. The highest BCUT2D eigenvalue weighted by atomic mass is 19.2. The number of benzene rings is 1. The largest absolute Gasteiger partial charge is 0.450 e. The van der Waals surface area contributed by atoms with Gasteiger partial charge in [0.15, 0.2) is 11.6 Å². The molecule has 0 saturated carbocycles. The van der Waals surface area contributed by atoms with E-state index < -0.39 is 29.0 Å². The number of amides is 1. The number of nitrogens with two attached hydrogens (primary N) is 2. The summed E-state index contributed by atoms with van der Waals surface area (Å²) in [6.07, 6.45) is 4.19. The molecule has 1 aliphatic rings. The molecule has 1 aromatic rings. The zero-order chi connectivity index (χ0) is 27.4. The van der Waals surface area contributed by atoms with Crippen molar-refractivity contribution in [1.82, 2.24) is 10.6 Å². The van der Waals surface area contributed by atoms with Gasteiger partial charge in [-0.1, -0.05) is 13.8 Å². The van der Waals surface area contributed by atoms with Crippen molar-refractivity contribution in [3.05, 3.63) is 35.1 Å². The van der Waals surface area contributed by atoms with E-state index in [1.807, 2.05) is 27.4 Å². The fourth-order valence-electron chi connectivity index (χ4n) is 3.52. The molecule has 0 aromatic heterocycles. The highest BCUT2D eigenvalue weighted by Crippen LogP contribution is 2.25. The first-order valence-electron chi connectivity index (χ1n) is 11.6. The van der Waals surface area contributed by atoms with Crippen molar-refractivity contribution in [2.45, 2.75) is 76.9 Å². The second-order valence-corrected chi connectivity index (χ2v) is 7.90. The molecule has 3 atom stereocenters. The van der Waals surface area contributed by atoms with Gasteiger partial charge in [0.05, 0.1) is 6.61 Å². The monoisotopic (exact) mass is 506 g/mol. The summed E-state index contributed by atoms with van der Waals surface area (Å²) in [5.74, 6) is -3.05. The van der Waals surface area contributed by atoms with Gasteiger partial charge < -0.3 is 36.4 Å². The first kappa shape index (κ1) is 34.7. The summed E-state index contributed by atoms with van der Waals surface area (Å²) in [4.78, 5) is 26.5. The van der Waals surface area contributed by atoms with E-state index in [1.165, 1.54) is 0 Å². The fraction of sp³-hybridized carbons (Fsp3) is 0.625. The molecule has 8 nitrogen and oxygen atoms in total. The standard InChI is InChI=1S/C16H24F3N3.C6H13NO2.2CH2O/c1-2-16(21,9-11-4-3-5-22-11)15(20)7-10-6-13(18)14(19)8-12(10)17;1-3-5-7-6(8)9-4-2;2*1-2/h6,8,11,15,22H,2-5,7,9,20-21H2,1H3;3-5H2,1-2H3,(H,7,8);2*1H2. The van der Waals surface area contributed by atoms with Crippen molar-refractivity contribution in [2.24, 2.45) is 11.5 Å². The molecule has 2 rings (SSSR count). The normalized spacial score (nSPS) is 16.6. The second kappa shape index (κ2) is 19.8. The highest BCUT2D eigenvalue weighted by molar-refractivity contribution is 5.66. The Bertz CT molecular complexity index is 722. The van der Waals surface area contributed by atoms with Gasteiger partial charge in [-0.25, -0.2) is 18.0 Å². The Balaban J connectivity index is 0. The van der Waals surface area contributed by atoms with E-state index in [2.05, 4.69) is 15.4 Å². The lowest BCUT2D eigenvalue weighted by Crippen LogP contribution is -2.58. The molecule has 1 amide bonds. The number of hydrogen-bond acceptors (Lipinski definition) is 7. The SMILES string of the molecule is C=O.C=O.CCC(N)(CC1CCCN1)C(N)Cc1cc(F)c(F)cc1F.CCCNC(=O)OCC. The van der Waals surface area contributed by atoms with Crippen LogP contribution in [0.2, 0.25) is 0 Å². The Morgan fingerprint density at radius 2 is 1.77 bits per heavy atom. The van der Waals surface area contributed by atoms with Gasteiger partial charge in [0.25, 0.3) is 0 Å². The van der Waals surface area contributed by atoms with Crippen LogP contribution in [-0.2, 0) is 20.7 Å². The zero-order valence-corrected chi connectivity index (χ0v) is 21.0. The molecule has 1 aliphatic heterocycles. The smallest absolute Gasteiger partial charge is 0.407 e. The Labute approximate surface area is 206 Å². The summed E-state index contributed by atoms with van der Waals surface area (Å²) in [7, 11) is 0. The van der Waals surface area contributed by atoms with E-state index in [0.717, 1.165) is 31.9 Å². The van der Waals surface area contributed by atoms with E-state index in [4.69, 9.17) is 21.1 Å². The van der Waals surface area contributed by atoms with Crippen LogP contribution in [0.15, 0.2) is 12.1 Å². The number of halogens is 3. The first-order chi connectivity index (χ1) is 16.7. The number of alkyl carbamates (subject to hydrolysis) is 1. The van der Waals surface area contributed by atoms with Gasteiger partial charge in [-0.2, -0.15) is 0 Å². The van der Waals surface area contributed by atoms with Crippen LogP contribution < -0.4 is 22.1 Å². The number of carbonyl (C=O) groups is 3. The maximum atomic E-state index is 13.8. The van der Waals surface area contributed by atoms with Crippen molar-refractivity contribution in [1.29, 1.82) is 0 Å². The summed E-state index contributed by atoms with van der Waals surface area (Å²) >= 11 is 0. The van der Waals surface area contributed by atoms with Gasteiger partial charge in [-0.05, 0) is 63.6 Å². The van der Waals surface area contributed by atoms with Gasteiger partial charge in [-0.3, -0.25) is 0 Å². The molecule has 1 fully saturated rings. The third kappa shape index (κ3) is 13.2. The molecule has 0 spiro atoms. The predicted octanol–water partition coefficient (Wildman–Crippen LogP) is 3.00. The fourth-order valence-corrected chi connectivity index (χ4v) is 3.52. The van der Waals surface area contributed by atoms with Gasteiger partial charge >= 0.3 is 6.09 Å². The van der Waals surface area contributed by atoms with Gasteiger partial charge in [0.2, 0.25) is 0 Å². The molecular formula is C24H41F3N4O4. The van der Waals surface area contributed by atoms with Crippen LogP contribution in [0.1, 0.15) is 58.4 Å². The van der Waals surface area contributed by atoms with Crippen LogP contribution in [0.5, 0.6) is 0 Å². The third-order valence-corrected chi connectivity index (χ3v) is 5.51. The van der Waals surface area contributed by atoms with E-state index in [-0.39, 0.29) is 18.1 Å². The lowest BCUT2D eigenvalue weighted by molar-refractivity contribution is -0.0987. The van der Waals surface area contributed by atoms with Crippen LogP contribution >= 0.6 is 0 Å². The molecule has 35 heavy (non-hydrogen) atoms. The molecule has 1 aromatic carbocycles. The molecule has 1 saturated heterocycles. The highest BCUT2D eigenvalue weighted by Gasteiger charge is 2.34. The minimum Gasteiger partial charge on any atom is -0.450 e. The number of rotatable bonds is 9. The van der Waals surface area contributed by atoms with E-state index in [1.54, 1.807) is 6.92 Å². The maximum absolute atomic E-state index is 13.8. The van der Waals surface area contributed by atoms with E-state index >= 15 is 0 Å². The second-order valence-electron chi connectivity index (χ2n) is 7.90. The number of ether oxygens (including phenoxy) is 1. The summed E-state index contributed by atoms with van der Waals surface area (Å²) in [5.41, 5.74) is 12.0. The summed E-state index contributed by atoms with van der Waals surface area (Å²) in [6.45, 7) is 11.8. The van der Waals surface area contributed by atoms with Crippen LogP contribution in [0, 0.1) is 17.5 Å². The molecule has 0 bridgehead atoms. The lowest BCUT2D eigenvalue weighted by Gasteiger charge is -2.37. The van der Waals surface area contributed by atoms with Gasteiger partial charge in [0.1, 0.15) is 19.4 Å². The van der Waals surface area contributed by atoms with Crippen molar-refractivity contribution in [3.8, 4) is 0 Å². The quantitative estimate of drug-likeness (QED) is 0.378. The van der Waals surface area contributed by atoms with Gasteiger partial charge in [-0.15, -0.1) is 0 Å². The van der Waals surface area contributed by atoms with E-state index in [9.17, 15) is 18.0 Å². The van der Waals surface area contributed by atoms with Crippen molar-refractivity contribution < 1.29 is 32.3 Å². The molecular weight excluding hydrogens is 465 g/mol. The van der Waals surface area contributed by atoms with Crippen LogP contribution in [-0.4, -0.2) is 57.0 Å². The van der Waals surface area contributed by atoms with Crippen LogP contribution in [0.4, 0.5) is 18.0 Å². The number of nitrogens with one attached hydrogen (secondary N) is 2. The summed E-state index contributed by atoms with van der Waals surface area (Å²) in [6, 6.07) is 1.21. The molecule has 11 heteroatoms. The van der Waals surface area contributed by atoms with Crippen molar-refractivity contribution in [3.63, 3.8) is 0 Å². The summed E-state index contributed by atoms with van der Waals surface area (Å²) in [5, 5.41) is 5.95. The molecule has 202 valence electrons. The number of hydrogen-bond donors (Lipinski definition) is 4. The Hall–Kier alpha value is -2.50. The van der Waals surface area contributed by atoms with Crippen molar-refractivity contribution in [2.75, 3.05) is 19.7 Å². The Morgan fingerprint density at radius 1 is 1.17 bits per heavy atom. The molecule has 0 radical (unpaired) electrons. The molecule has 6 N–H and O–H groups in total. The van der Waals surface area contributed by atoms with Crippen LogP contribution in [0.3, 0.4) is 0 Å². The summed E-state index contributed by atoms with van der Waals surface area (Å²) < 4.78 is 44.6. The Kier molecular flexibility index (Phi) is 19.6.